The summed E-state index contributed by atoms with van der Waals surface area (Å²) in [5.74, 6) is 0.845. The third kappa shape index (κ3) is 5.22. The van der Waals surface area contributed by atoms with Gasteiger partial charge in [-0.05, 0) is 50.8 Å². The second-order valence-corrected chi connectivity index (χ2v) is 10.2. The minimum atomic E-state index is -3.60. The first-order valence-corrected chi connectivity index (χ1v) is 12.1. The molecule has 1 saturated heterocycles. The molecule has 1 N–H and O–H groups in total. The Morgan fingerprint density at radius 2 is 1.97 bits per heavy atom. The number of benzene rings is 1. The highest BCUT2D eigenvalue weighted by Gasteiger charge is 2.33. The van der Waals surface area contributed by atoms with E-state index < -0.39 is 10.0 Å². The smallest absolute Gasteiger partial charge is 0.246 e. The predicted molar refractivity (Wildman–Crippen MR) is 120 cm³/mol. The molecule has 1 aromatic carbocycles. The lowest BCUT2D eigenvalue weighted by Gasteiger charge is -2.29. The average molecular weight is 469 g/mol. The topological polar surface area (TPSA) is 93.5 Å². The van der Waals surface area contributed by atoms with Crippen LogP contribution in [-0.4, -0.2) is 48.6 Å². The van der Waals surface area contributed by atoms with E-state index in [1.165, 1.54) is 7.11 Å². The summed E-state index contributed by atoms with van der Waals surface area (Å²) in [6, 6.07) is 5.00. The summed E-state index contributed by atoms with van der Waals surface area (Å²) < 4.78 is 34.6. The van der Waals surface area contributed by atoms with Gasteiger partial charge >= 0.3 is 0 Å². The highest BCUT2D eigenvalue weighted by atomic mass is 35.5. The van der Waals surface area contributed by atoms with E-state index in [1.54, 1.807) is 41.0 Å². The van der Waals surface area contributed by atoms with Gasteiger partial charge in [0.15, 0.2) is 0 Å². The highest BCUT2D eigenvalue weighted by molar-refractivity contribution is 7.89. The Morgan fingerprint density at radius 1 is 1.29 bits per heavy atom. The van der Waals surface area contributed by atoms with Crippen molar-refractivity contribution in [3.05, 3.63) is 34.6 Å². The maximum Gasteiger partial charge on any atom is 0.246 e. The Labute approximate surface area is 188 Å². The van der Waals surface area contributed by atoms with Gasteiger partial charge in [0.1, 0.15) is 10.6 Å². The average Bonchev–Trinajstić information content (AvgIpc) is 3.00. The van der Waals surface area contributed by atoms with E-state index in [0.29, 0.717) is 46.9 Å². The normalized spacial score (nSPS) is 15.8. The summed E-state index contributed by atoms with van der Waals surface area (Å²) in [6.45, 7) is 6.90. The first-order chi connectivity index (χ1) is 14.6. The molecule has 0 aliphatic carbocycles. The van der Waals surface area contributed by atoms with E-state index >= 15 is 0 Å². The van der Waals surface area contributed by atoms with Crippen LogP contribution in [0, 0.1) is 19.8 Å². The van der Waals surface area contributed by atoms with Crippen molar-refractivity contribution in [3.8, 4) is 5.75 Å². The summed E-state index contributed by atoms with van der Waals surface area (Å²) in [4.78, 5) is 12.6. The van der Waals surface area contributed by atoms with Gasteiger partial charge < -0.3 is 10.1 Å². The van der Waals surface area contributed by atoms with E-state index in [-0.39, 0.29) is 23.8 Å². The van der Waals surface area contributed by atoms with Gasteiger partial charge in [0.2, 0.25) is 15.9 Å². The SMILES string of the molecule is COc1ccc(NC(=O)CCn2nc(C)c(S(=O)(=O)N3CCC(C)CC3)c2C)cc1Cl. The number of halogens is 1. The lowest BCUT2D eigenvalue weighted by atomic mass is 10.0. The third-order valence-corrected chi connectivity index (χ3v) is 8.09. The number of methoxy groups -OCH3 is 1. The molecular formula is C21H29ClN4O4S. The van der Waals surface area contributed by atoms with Crippen LogP contribution in [0.4, 0.5) is 5.69 Å². The molecule has 31 heavy (non-hydrogen) atoms. The zero-order chi connectivity index (χ0) is 22.8. The van der Waals surface area contributed by atoms with Crippen molar-refractivity contribution in [1.29, 1.82) is 0 Å². The fraction of sp³-hybridized carbons (Fsp3) is 0.524. The van der Waals surface area contributed by atoms with Crippen LogP contribution in [0.1, 0.15) is 37.6 Å². The number of rotatable bonds is 7. The molecule has 0 bridgehead atoms. The number of aromatic nitrogens is 2. The molecule has 8 nitrogen and oxygen atoms in total. The number of hydrogen-bond acceptors (Lipinski definition) is 5. The van der Waals surface area contributed by atoms with Crippen LogP contribution in [0.15, 0.2) is 23.1 Å². The first-order valence-electron chi connectivity index (χ1n) is 10.3. The Hall–Kier alpha value is -2.10. The molecule has 1 aliphatic heterocycles. The number of anilines is 1. The molecule has 2 heterocycles. The van der Waals surface area contributed by atoms with Gasteiger partial charge in [-0.2, -0.15) is 9.40 Å². The molecular weight excluding hydrogens is 440 g/mol. The molecule has 1 amide bonds. The summed E-state index contributed by atoms with van der Waals surface area (Å²) in [5, 5.41) is 7.58. The predicted octanol–water partition coefficient (Wildman–Crippen LogP) is 3.61. The van der Waals surface area contributed by atoms with Crippen molar-refractivity contribution in [2.24, 2.45) is 5.92 Å². The van der Waals surface area contributed by atoms with E-state index in [9.17, 15) is 13.2 Å². The summed E-state index contributed by atoms with van der Waals surface area (Å²) in [5.41, 5.74) is 1.57. The van der Waals surface area contributed by atoms with E-state index in [4.69, 9.17) is 16.3 Å². The summed E-state index contributed by atoms with van der Waals surface area (Å²) in [7, 11) is -2.08. The number of ether oxygens (including phenoxy) is 1. The molecule has 0 unspecified atom stereocenters. The number of carbonyl (C=O) groups excluding carboxylic acids is 1. The molecule has 1 aromatic heterocycles. The fourth-order valence-corrected chi connectivity index (χ4v) is 5.90. The zero-order valence-corrected chi connectivity index (χ0v) is 19.9. The van der Waals surface area contributed by atoms with Gasteiger partial charge in [0.25, 0.3) is 0 Å². The lowest BCUT2D eigenvalue weighted by Crippen LogP contribution is -2.38. The number of sulfonamides is 1. The number of hydrogen-bond donors (Lipinski definition) is 1. The van der Waals surface area contributed by atoms with Crippen molar-refractivity contribution in [2.75, 3.05) is 25.5 Å². The number of aryl methyl sites for hydroxylation is 2. The molecule has 0 radical (unpaired) electrons. The molecule has 1 fully saturated rings. The van der Waals surface area contributed by atoms with Gasteiger partial charge in [0.05, 0.1) is 30.1 Å². The Balaban J connectivity index is 1.68. The molecule has 170 valence electrons. The van der Waals surface area contributed by atoms with Crippen LogP contribution in [0.3, 0.4) is 0 Å². The Morgan fingerprint density at radius 3 is 2.58 bits per heavy atom. The summed E-state index contributed by atoms with van der Waals surface area (Å²) in [6.07, 6.45) is 1.87. The maximum absolute atomic E-state index is 13.2. The first kappa shape index (κ1) is 23.6. The van der Waals surface area contributed by atoms with E-state index in [1.807, 2.05) is 0 Å². The number of nitrogens with one attached hydrogen (secondary N) is 1. The van der Waals surface area contributed by atoms with Crippen LogP contribution in [0.5, 0.6) is 5.75 Å². The molecule has 1 aliphatic rings. The molecule has 0 saturated carbocycles. The second-order valence-electron chi connectivity index (χ2n) is 7.96. The van der Waals surface area contributed by atoms with Crippen molar-refractivity contribution < 1.29 is 17.9 Å². The number of nitrogens with zero attached hydrogens (tertiary/aromatic N) is 3. The van der Waals surface area contributed by atoms with Gasteiger partial charge in [-0.25, -0.2) is 8.42 Å². The van der Waals surface area contributed by atoms with Gasteiger partial charge in [-0.3, -0.25) is 9.48 Å². The standard InChI is InChI=1S/C21H29ClN4O4S/c1-14-7-10-25(11-8-14)31(28,29)21-15(2)24-26(16(21)3)12-9-20(27)23-17-5-6-19(30-4)18(22)13-17/h5-6,13-14H,7-12H2,1-4H3,(H,23,27). The van der Waals surface area contributed by atoms with Crippen LogP contribution in [0.2, 0.25) is 5.02 Å². The van der Waals surface area contributed by atoms with Crippen molar-refractivity contribution in [2.45, 2.75) is 51.5 Å². The van der Waals surface area contributed by atoms with Crippen molar-refractivity contribution in [3.63, 3.8) is 0 Å². The number of piperidine rings is 1. The molecule has 0 spiro atoms. The molecule has 3 rings (SSSR count). The van der Waals surface area contributed by atoms with Crippen LogP contribution < -0.4 is 10.1 Å². The minimum absolute atomic E-state index is 0.145. The number of carbonyl (C=O) groups is 1. The zero-order valence-electron chi connectivity index (χ0n) is 18.3. The van der Waals surface area contributed by atoms with Crippen molar-refractivity contribution in [1.82, 2.24) is 14.1 Å². The molecule has 10 heteroatoms. The molecule has 0 atom stereocenters. The van der Waals surface area contributed by atoms with Gasteiger partial charge in [-0.1, -0.05) is 18.5 Å². The van der Waals surface area contributed by atoms with Crippen LogP contribution in [0.25, 0.3) is 0 Å². The van der Waals surface area contributed by atoms with E-state index in [0.717, 1.165) is 12.8 Å². The number of amides is 1. The van der Waals surface area contributed by atoms with Gasteiger partial charge in [0, 0.05) is 25.2 Å². The lowest BCUT2D eigenvalue weighted by molar-refractivity contribution is -0.116. The summed E-state index contributed by atoms with van der Waals surface area (Å²) >= 11 is 6.09. The fourth-order valence-electron chi connectivity index (χ4n) is 3.80. The third-order valence-electron chi connectivity index (χ3n) is 5.64. The Bertz CT molecular complexity index is 1060. The largest absolute Gasteiger partial charge is 0.495 e. The second kappa shape index (κ2) is 9.58. The minimum Gasteiger partial charge on any atom is -0.495 e. The van der Waals surface area contributed by atoms with Gasteiger partial charge in [-0.15, -0.1) is 0 Å². The van der Waals surface area contributed by atoms with Crippen molar-refractivity contribution >= 4 is 33.2 Å². The van der Waals surface area contributed by atoms with Crippen LogP contribution in [-0.2, 0) is 21.4 Å². The quantitative estimate of drug-likeness (QED) is 0.669. The molecule has 2 aromatic rings. The Kier molecular flexibility index (Phi) is 7.28. The monoisotopic (exact) mass is 468 g/mol. The highest BCUT2D eigenvalue weighted by Crippen LogP contribution is 2.29. The maximum atomic E-state index is 13.2. The van der Waals surface area contributed by atoms with E-state index in [2.05, 4.69) is 17.3 Å². The van der Waals surface area contributed by atoms with Crippen LogP contribution >= 0.6 is 11.6 Å².